The van der Waals surface area contributed by atoms with Gasteiger partial charge in [-0.1, -0.05) is 96.3 Å². The van der Waals surface area contributed by atoms with E-state index in [4.69, 9.17) is 82.6 Å². The largest absolute Gasteiger partial charge is 0.512 e. The van der Waals surface area contributed by atoms with Crippen LogP contribution in [0.2, 0.25) is 0 Å². The summed E-state index contributed by atoms with van der Waals surface area (Å²) in [5.41, 5.74) is -0.304. The molecule has 3 saturated heterocycles. The van der Waals surface area contributed by atoms with Gasteiger partial charge in [-0.15, -0.1) is 0 Å². The van der Waals surface area contributed by atoms with Crippen molar-refractivity contribution in [1.29, 1.82) is 0 Å². The number of hydrogen-bond acceptors (Lipinski definition) is 23. The maximum absolute atomic E-state index is 12.0. The Labute approximate surface area is 583 Å². The topological polar surface area (TPSA) is 303 Å². The van der Waals surface area contributed by atoms with Gasteiger partial charge in [0.25, 0.3) is 0 Å². The van der Waals surface area contributed by atoms with Crippen molar-refractivity contribution < 1.29 is 111 Å². The number of carbonyl (C=O) groups excluding carboxylic acids is 6. The minimum Gasteiger partial charge on any atom is -0.512 e. The molecule has 3 heterocycles. The van der Waals surface area contributed by atoms with E-state index in [2.05, 4.69) is 0 Å². The molecule has 23 heteroatoms. The van der Waals surface area contributed by atoms with E-state index in [1.54, 1.807) is 45.0 Å². The Morgan fingerprint density at radius 3 is 1.48 bits per heavy atom. The predicted molar refractivity (Wildman–Crippen MR) is 370 cm³/mol. The van der Waals surface area contributed by atoms with E-state index in [-0.39, 0.29) is 99.0 Å². The summed E-state index contributed by atoms with van der Waals surface area (Å²) in [6, 6.07) is 20.6. The molecule has 4 atom stereocenters. The predicted octanol–water partition coefficient (Wildman–Crippen LogP) is 14.8. The average molecular weight is 1390 g/mol. The number of rotatable bonds is 32. The zero-order valence-corrected chi connectivity index (χ0v) is 61.7. The molecular weight excluding hydrogens is 1270 g/mol. The van der Waals surface area contributed by atoms with Crippen LogP contribution in [0.25, 0.3) is 10.8 Å². The lowest BCUT2D eigenvalue weighted by Gasteiger charge is -2.25. The summed E-state index contributed by atoms with van der Waals surface area (Å²) in [5, 5.41) is 37.0. The summed E-state index contributed by atoms with van der Waals surface area (Å²) in [6.07, 6.45) is 14.0. The molecule has 0 radical (unpaired) electrons. The minimum absolute atomic E-state index is 0.0156. The van der Waals surface area contributed by atoms with Crippen molar-refractivity contribution in [2.24, 2.45) is 5.92 Å². The number of aliphatic hydroxyl groups is 4. The number of hydrogen-bond donors (Lipinski definition) is 4. The first-order valence-corrected chi connectivity index (χ1v) is 34.8. The molecule has 3 aromatic rings. The first-order valence-electron chi connectivity index (χ1n) is 34.8. The van der Waals surface area contributed by atoms with E-state index < -0.39 is 34.7 Å². The quantitative estimate of drug-likeness (QED) is 0.0113. The third-order valence-corrected chi connectivity index (χ3v) is 15.4. The molecular formula is C75H120O23. The summed E-state index contributed by atoms with van der Waals surface area (Å²) in [6.45, 7) is 32.3. The Morgan fingerprint density at radius 1 is 0.531 bits per heavy atom. The van der Waals surface area contributed by atoms with Gasteiger partial charge >= 0.3 is 35.8 Å². The number of unbranched alkanes of at least 4 members (excludes halogenated alkanes) is 4. The van der Waals surface area contributed by atoms with E-state index in [9.17, 15) is 28.8 Å². The van der Waals surface area contributed by atoms with Crippen LogP contribution < -0.4 is 0 Å². The normalized spacial score (nSPS) is 16.4. The van der Waals surface area contributed by atoms with Crippen molar-refractivity contribution in [1.82, 2.24) is 0 Å². The highest BCUT2D eigenvalue weighted by Gasteiger charge is 2.28. The Hall–Kier alpha value is -6.28. The highest BCUT2D eigenvalue weighted by molar-refractivity contribution is 5.95. The Kier molecular flexibility index (Phi) is 44.4. The van der Waals surface area contributed by atoms with Crippen LogP contribution in [-0.4, -0.2) is 143 Å². The summed E-state index contributed by atoms with van der Waals surface area (Å²) >= 11 is 0. The van der Waals surface area contributed by atoms with Gasteiger partial charge in [0.2, 0.25) is 12.6 Å². The molecule has 0 saturated carbocycles. The summed E-state index contributed by atoms with van der Waals surface area (Å²) in [7, 11) is 0. The van der Waals surface area contributed by atoms with Gasteiger partial charge in [0, 0.05) is 32.3 Å². The van der Waals surface area contributed by atoms with E-state index >= 15 is 0 Å². The average Bonchev–Trinajstić information content (AvgIpc) is 0.893. The van der Waals surface area contributed by atoms with Crippen molar-refractivity contribution in [2.75, 3.05) is 39.6 Å². The van der Waals surface area contributed by atoms with E-state index in [0.29, 0.717) is 56.5 Å². The highest BCUT2D eigenvalue weighted by Crippen LogP contribution is 2.24. The van der Waals surface area contributed by atoms with Gasteiger partial charge in [-0.25, -0.2) is 19.4 Å². The highest BCUT2D eigenvalue weighted by atomic mass is 17.2. The minimum atomic E-state index is -0.527. The van der Waals surface area contributed by atoms with Crippen molar-refractivity contribution in [2.45, 2.75) is 286 Å². The molecule has 3 aliphatic rings. The van der Waals surface area contributed by atoms with Crippen LogP contribution in [0.1, 0.15) is 259 Å². The summed E-state index contributed by atoms with van der Waals surface area (Å²) < 4.78 is 47.3. The standard InChI is InChI=1S/C16H20O6.C15H14O3.C13H24O5.C13H26O3.C10H20O3.C8H16O3/c17-16(21-14-6-2-8-18-14)13-5-1-4-12(10-13)11-20-22-15-7-3-9-19-15;16-15(18-14-6-3-9-17-14)13-8-7-11-4-1-2-5-12(11)10-13;1-7-13(5,6)16-11(15)8-10(9-14)17-18-12(2,3)4;1-4-13(2,3)16-12(15)10-8-6-5-7-9-11-14;1-5-8(7-11)9(12)13-10(3,4)6-2;1-4-8(2,3)11-7(10)5-6-9/h1,4-5,10,14-15H,2-3,6-9,11H2;1-2,4-5,7-8,10,14H,3,6,9H2;9,14H,7-8H2,1-6H3;14H,4-11H2,1-3H3;8,11H,5-7H2,1-4H3;9H,4-6H2,1-3H3/b;;10-9+;;;. The molecule has 0 bridgehead atoms. The van der Waals surface area contributed by atoms with Crippen LogP contribution >= 0.6 is 0 Å². The third-order valence-electron chi connectivity index (χ3n) is 15.4. The fourth-order valence-corrected chi connectivity index (χ4v) is 8.06. The van der Waals surface area contributed by atoms with E-state index in [0.717, 1.165) is 106 Å². The van der Waals surface area contributed by atoms with Gasteiger partial charge < -0.3 is 67.9 Å². The maximum Gasteiger partial charge on any atom is 0.340 e. The van der Waals surface area contributed by atoms with Crippen LogP contribution in [-0.2, 0) is 88.0 Å². The van der Waals surface area contributed by atoms with Crippen molar-refractivity contribution in [3.8, 4) is 0 Å². The van der Waals surface area contributed by atoms with Crippen molar-refractivity contribution in [3.05, 3.63) is 95.4 Å². The fraction of sp³-hybridized carbons (Fsp3) is 0.680. The van der Waals surface area contributed by atoms with Crippen LogP contribution in [0, 0.1) is 5.92 Å². The van der Waals surface area contributed by atoms with Gasteiger partial charge in [-0.2, -0.15) is 4.89 Å². The first kappa shape index (κ1) is 89.7. The Morgan fingerprint density at radius 2 is 1.01 bits per heavy atom. The second-order valence-electron chi connectivity index (χ2n) is 27.1. The lowest BCUT2D eigenvalue weighted by atomic mass is 10.0. The molecule has 0 amide bonds. The molecule has 3 aliphatic heterocycles. The SMILES string of the molecule is CCC(C)(C)OC(=O)C/C(=C\O)OOC(C)(C)C.CCC(C)(C)OC(=O)CCCCCCCO.CCC(C)(C)OC(=O)CCO.CCC(CO)C(=O)OC(C)(C)CC.O=C(OC1CCCO1)c1ccc2ccccc2c1.O=C(OC1CCCO1)c1cccc(COOC2CCCO2)c1. The smallest absolute Gasteiger partial charge is 0.340 e. The first-order chi connectivity index (χ1) is 46.2. The van der Waals surface area contributed by atoms with Gasteiger partial charge in [-0.3, -0.25) is 19.2 Å². The fourth-order valence-electron chi connectivity index (χ4n) is 8.06. The number of aliphatic hydroxyl groups excluding tert-OH is 4. The zero-order chi connectivity index (χ0) is 73.8. The molecule has 3 fully saturated rings. The Bertz CT molecular complexity index is 2740. The Balaban J connectivity index is 0.000000596. The monoisotopic (exact) mass is 1390 g/mol. The molecule has 0 aromatic heterocycles. The number of carbonyl (C=O) groups is 6. The lowest BCUT2D eigenvalue weighted by molar-refractivity contribution is -0.376. The number of benzene rings is 3. The molecule has 558 valence electrons. The van der Waals surface area contributed by atoms with Crippen LogP contribution in [0.15, 0.2) is 78.8 Å². The molecule has 4 unspecified atom stereocenters. The van der Waals surface area contributed by atoms with E-state index in [1.807, 2.05) is 132 Å². The van der Waals surface area contributed by atoms with Gasteiger partial charge in [-0.05, 0) is 181 Å². The molecule has 98 heavy (non-hydrogen) atoms. The molecule has 4 N–H and O–H groups in total. The van der Waals surface area contributed by atoms with Crippen LogP contribution in [0.5, 0.6) is 0 Å². The van der Waals surface area contributed by atoms with Crippen LogP contribution in [0.3, 0.4) is 0 Å². The number of ether oxygens (including phenoxy) is 9. The molecule has 3 aromatic carbocycles. The van der Waals surface area contributed by atoms with Crippen molar-refractivity contribution in [3.63, 3.8) is 0 Å². The zero-order valence-electron chi connectivity index (χ0n) is 61.7. The molecule has 23 nitrogen and oxygen atoms in total. The maximum atomic E-state index is 12.0. The van der Waals surface area contributed by atoms with E-state index in [1.165, 1.54) is 0 Å². The van der Waals surface area contributed by atoms with Crippen molar-refractivity contribution >= 4 is 46.6 Å². The summed E-state index contributed by atoms with van der Waals surface area (Å²) in [4.78, 5) is 89.5. The lowest BCUT2D eigenvalue weighted by Crippen LogP contribution is -2.32. The van der Waals surface area contributed by atoms with Crippen LogP contribution in [0.4, 0.5) is 0 Å². The summed E-state index contributed by atoms with van der Waals surface area (Å²) in [5.74, 6) is -2.24. The molecule has 0 aliphatic carbocycles. The molecule has 6 rings (SSSR count). The number of esters is 6. The third kappa shape index (κ3) is 42.0. The molecule has 0 spiro atoms. The second-order valence-corrected chi connectivity index (χ2v) is 27.1. The van der Waals surface area contributed by atoms with Gasteiger partial charge in [0.05, 0.1) is 56.5 Å². The van der Waals surface area contributed by atoms with Gasteiger partial charge in [0.1, 0.15) is 47.3 Å². The van der Waals surface area contributed by atoms with Gasteiger partial charge in [0.15, 0.2) is 12.0 Å². The second kappa shape index (κ2) is 48.5. The number of fused-ring (bicyclic) bond motifs is 1.